The maximum absolute atomic E-state index is 11.8. The minimum Gasteiger partial charge on any atom is -0.457 e. The van der Waals surface area contributed by atoms with E-state index in [1.54, 1.807) is 12.1 Å². The van der Waals surface area contributed by atoms with E-state index in [-0.39, 0.29) is 11.9 Å². The van der Waals surface area contributed by atoms with Crippen molar-refractivity contribution in [2.24, 2.45) is 5.41 Å². The Balaban J connectivity index is 1.15. The molecule has 1 atom stereocenters. The third kappa shape index (κ3) is 3.85. The molecule has 5 rings (SSSR count). The van der Waals surface area contributed by atoms with Gasteiger partial charge >= 0.3 is 11.9 Å². The number of β-amino-alcohol motifs (C(OH)–C–C–N with tert-alkyl or cyclic N) is 1. The highest BCUT2D eigenvalue weighted by molar-refractivity contribution is 5.94. The third-order valence-electron chi connectivity index (χ3n) is 7.79. The fraction of sp³-hybridized carbons (Fsp3) is 0.583. The van der Waals surface area contributed by atoms with E-state index in [2.05, 4.69) is 9.80 Å². The number of carbonyl (C=O) groups is 2. The van der Waals surface area contributed by atoms with Crippen LogP contribution in [0.2, 0.25) is 0 Å². The van der Waals surface area contributed by atoms with Gasteiger partial charge in [-0.2, -0.15) is 0 Å². The number of cyclic esters (lactones) is 2. The number of piperidine rings is 2. The topological polar surface area (TPSA) is 79.3 Å². The first-order valence-corrected chi connectivity index (χ1v) is 11.3. The summed E-state index contributed by atoms with van der Waals surface area (Å²) in [7, 11) is 0. The van der Waals surface area contributed by atoms with Crippen LogP contribution in [-0.4, -0.2) is 66.2 Å². The van der Waals surface area contributed by atoms with Crippen LogP contribution in [0.25, 0.3) is 0 Å². The Hall–Kier alpha value is -2.38. The molecule has 2 saturated heterocycles. The molecule has 0 aromatic heterocycles. The monoisotopic (exact) mass is 426 g/mol. The molecule has 1 aromatic rings. The second kappa shape index (κ2) is 7.95. The van der Waals surface area contributed by atoms with E-state index in [4.69, 9.17) is 9.47 Å². The number of carbonyl (C=O) groups excluding carboxylic acids is 2. The lowest BCUT2D eigenvalue weighted by Gasteiger charge is -2.47. The van der Waals surface area contributed by atoms with E-state index >= 15 is 0 Å². The second-order valence-electron chi connectivity index (χ2n) is 9.43. The van der Waals surface area contributed by atoms with Crippen molar-refractivity contribution in [3.63, 3.8) is 0 Å². The molecule has 0 aliphatic carbocycles. The first-order valence-electron chi connectivity index (χ1n) is 11.3. The lowest BCUT2D eigenvalue weighted by atomic mass is 9.71. The highest BCUT2D eigenvalue weighted by Crippen LogP contribution is 2.42. The zero-order valence-electron chi connectivity index (χ0n) is 18.1. The number of nitrogens with zero attached hydrogens (tertiary/aromatic N) is 2. The molecule has 0 amide bonds. The van der Waals surface area contributed by atoms with Gasteiger partial charge in [0, 0.05) is 31.3 Å². The zero-order chi connectivity index (χ0) is 21.6. The smallest absolute Gasteiger partial charge is 0.338 e. The van der Waals surface area contributed by atoms with Crippen molar-refractivity contribution in [1.82, 2.24) is 9.80 Å². The summed E-state index contributed by atoms with van der Waals surface area (Å²) in [5.41, 5.74) is 4.81. The van der Waals surface area contributed by atoms with Crippen LogP contribution in [-0.2, 0) is 20.9 Å². The molecule has 1 N–H and O–H groups in total. The fourth-order valence-corrected chi connectivity index (χ4v) is 5.60. The Morgan fingerprint density at radius 2 is 1.74 bits per heavy atom. The number of likely N-dealkylation sites (tertiary alicyclic amines) is 2. The highest BCUT2D eigenvalue weighted by Gasteiger charge is 2.39. The summed E-state index contributed by atoms with van der Waals surface area (Å²) >= 11 is 0. The van der Waals surface area contributed by atoms with E-state index < -0.39 is 6.10 Å². The summed E-state index contributed by atoms with van der Waals surface area (Å²) in [5.74, 6) is -0.491. The molecule has 0 saturated carbocycles. The SMILES string of the molecule is Cc1c([C@@H](O)CN2CCC3(CC2)CCN(C2=CC(=O)OC2)CC3)ccc2c1COC2=O. The van der Waals surface area contributed by atoms with Crippen molar-refractivity contribution in [2.75, 3.05) is 39.3 Å². The Labute approximate surface area is 182 Å². The minimum atomic E-state index is -0.566. The molecule has 4 aliphatic rings. The summed E-state index contributed by atoms with van der Waals surface area (Å²) < 4.78 is 10.2. The molecule has 166 valence electrons. The molecule has 7 nitrogen and oxygen atoms in total. The summed E-state index contributed by atoms with van der Waals surface area (Å²) in [6.45, 7) is 7.26. The summed E-state index contributed by atoms with van der Waals surface area (Å²) in [6.07, 6.45) is 5.65. The van der Waals surface area contributed by atoms with Gasteiger partial charge in [-0.25, -0.2) is 9.59 Å². The first kappa shape index (κ1) is 20.5. The van der Waals surface area contributed by atoms with E-state index in [0.717, 1.165) is 74.2 Å². The van der Waals surface area contributed by atoms with Crippen molar-refractivity contribution in [3.8, 4) is 0 Å². The van der Waals surface area contributed by atoms with Gasteiger partial charge in [0.05, 0.1) is 17.4 Å². The molecular formula is C24H30N2O5. The number of benzene rings is 1. The van der Waals surface area contributed by atoms with Crippen LogP contribution >= 0.6 is 0 Å². The van der Waals surface area contributed by atoms with Crippen LogP contribution in [0.3, 0.4) is 0 Å². The van der Waals surface area contributed by atoms with Gasteiger partial charge in [-0.15, -0.1) is 0 Å². The van der Waals surface area contributed by atoms with Gasteiger partial charge < -0.3 is 24.4 Å². The van der Waals surface area contributed by atoms with Gasteiger partial charge in [0.25, 0.3) is 0 Å². The van der Waals surface area contributed by atoms with Gasteiger partial charge in [-0.3, -0.25) is 0 Å². The lowest BCUT2D eigenvalue weighted by Crippen LogP contribution is -2.47. The Bertz CT molecular complexity index is 922. The van der Waals surface area contributed by atoms with Crippen LogP contribution < -0.4 is 0 Å². The van der Waals surface area contributed by atoms with Gasteiger partial charge in [0.1, 0.15) is 13.2 Å². The van der Waals surface area contributed by atoms with Crippen LogP contribution in [0.15, 0.2) is 23.9 Å². The average molecular weight is 427 g/mol. The Morgan fingerprint density at radius 3 is 2.42 bits per heavy atom. The van der Waals surface area contributed by atoms with E-state index in [1.165, 1.54) is 0 Å². The van der Waals surface area contributed by atoms with Crippen molar-refractivity contribution in [2.45, 2.75) is 45.3 Å². The summed E-state index contributed by atoms with van der Waals surface area (Å²) in [5, 5.41) is 10.9. The molecule has 1 aromatic carbocycles. The molecule has 1 spiro atoms. The number of hydrogen-bond donors (Lipinski definition) is 1. The largest absolute Gasteiger partial charge is 0.457 e. The van der Waals surface area contributed by atoms with Crippen LogP contribution in [0, 0.1) is 12.3 Å². The van der Waals surface area contributed by atoms with Crippen LogP contribution in [0.4, 0.5) is 0 Å². The lowest BCUT2D eigenvalue weighted by molar-refractivity contribution is -0.135. The number of ether oxygens (including phenoxy) is 2. The van der Waals surface area contributed by atoms with Crippen molar-refractivity contribution >= 4 is 11.9 Å². The number of fused-ring (bicyclic) bond motifs is 1. The van der Waals surface area contributed by atoms with Crippen LogP contribution in [0.1, 0.15) is 58.8 Å². The number of esters is 2. The standard InChI is InChI=1S/C24H30N2O5/c1-16-18(2-3-19-20(16)15-31-23(19)29)21(27)13-25-8-4-24(5-9-25)6-10-26(11-7-24)17-12-22(28)30-14-17/h2-3,12,21,27H,4-11,13-15H2,1H3/t21-/m0/s1. The zero-order valence-corrected chi connectivity index (χ0v) is 18.1. The predicted octanol–water partition coefficient (Wildman–Crippen LogP) is 2.32. The first-order chi connectivity index (χ1) is 14.9. The molecule has 7 heteroatoms. The van der Waals surface area contributed by atoms with Crippen molar-refractivity contribution in [3.05, 3.63) is 46.2 Å². The van der Waals surface area contributed by atoms with E-state index in [1.807, 2.05) is 13.0 Å². The fourth-order valence-electron chi connectivity index (χ4n) is 5.60. The summed E-state index contributed by atoms with van der Waals surface area (Å²) in [6, 6.07) is 3.66. The second-order valence-corrected chi connectivity index (χ2v) is 9.43. The third-order valence-corrected chi connectivity index (χ3v) is 7.79. The van der Waals surface area contributed by atoms with Gasteiger partial charge in [0.2, 0.25) is 0 Å². The van der Waals surface area contributed by atoms with E-state index in [0.29, 0.717) is 30.7 Å². The molecule has 31 heavy (non-hydrogen) atoms. The molecular weight excluding hydrogens is 396 g/mol. The van der Waals surface area contributed by atoms with Gasteiger partial charge in [-0.1, -0.05) is 6.07 Å². The molecule has 2 fully saturated rings. The Morgan fingerprint density at radius 1 is 1.03 bits per heavy atom. The van der Waals surface area contributed by atoms with Crippen molar-refractivity contribution < 1.29 is 24.2 Å². The Kier molecular flexibility index (Phi) is 5.26. The maximum atomic E-state index is 11.8. The quantitative estimate of drug-likeness (QED) is 0.740. The minimum absolute atomic E-state index is 0.222. The number of hydrogen-bond acceptors (Lipinski definition) is 7. The number of rotatable bonds is 4. The molecule has 0 radical (unpaired) electrons. The van der Waals surface area contributed by atoms with Gasteiger partial charge in [0.15, 0.2) is 0 Å². The number of aliphatic hydroxyl groups is 1. The molecule has 4 aliphatic heterocycles. The highest BCUT2D eigenvalue weighted by atomic mass is 16.5. The average Bonchev–Trinajstić information content (AvgIpc) is 3.37. The number of aliphatic hydroxyl groups excluding tert-OH is 1. The summed E-state index contributed by atoms with van der Waals surface area (Å²) in [4.78, 5) is 27.8. The van der Waals surface area contributed by atoms with Crippen LogP contribution in [0.5, 0.6) is 0 Å². The molecule has 4 heterocycles. The van der Waals surface area contributed by atoms with Gasteiger partial charge in [-0.05, 0) is 68.3 Å². The van der Waals surface area contributed by atoms with E-state index in [9.17, 15) is 14.7 Å². The molecule has 0 bridgehead atoms. The normalized spacial score (nSPS) is 24.1. The predicted molar refractivity (Wildman–Crippen MR) is 113 cm³/mol. The maximum Gasteiger partial charge on any atom is 0.338 e. The van der Waals surface area contributed by atoms with Crippen molar-refractivity contribution in [1.29, 1.82) is 0 Å². The molecule has 0 unspecified atom stereocenters.